The molecule has 1 radical (unpaired) electrons. The van der Waals surface area contributed by atoms with Gasteiger partial charge in [0.15, 0.2) is 5.82 Å². The van der Waals surface area contributed by atoms with E-state index in [4.69, 9.17) is 10.3 Å². The van der Waals surface area contributed by atoms with Crippen LogP contribution in [0.3, 0.4) is 0 Å². The molecule has 1 heterocycles. The van der Waals surface area contributed by atoms with Crippen LogP contribution in [0.5, 0.6) is 0 Å². The quantitative estimate of drug-likeness (QED) is 0.150. The Labute approximate surface area is 234 Å². The van der Waals surface area contributed by atoms with Crippen molar-refractivity contribution in [2.45, 2.75) is 11.8 Å². The molecule has 37 heavy (non-hydrogen) atoms. The molecule has 0 aliphatic carbocycles. The molecule has 0 aliphatic rings. The molecular formula is C28H26AuN3O3PS. The second kappa shape index (κ2) is 13.4. The fourth-order valence-electron chi connectivity index (χ4n) is 3.44. The minimum atomic E-state index is -3.64. The summed E-state index contributed by atoms with van der Waals surface area (Å²) in [6, 6.07) is 39.7. The minimum absolute atomic E-state index is 0. The number of nitrogens with two attached hydrogens (primary N) is 1. The van der Waals surface area contributed by atoms with Crippen LogP contribution in [0, 0.1) is 6.92 Å². The second-order valence-electron chi connectivity index (χ2n) is 7.84. The van der Waals surface area contributed by atoms with E-state index in [-0.39, 0.29) is 33.1 Å². The summed E-state index contributed by atoms with van der Waals surface area (Å²) < 4.78 is 30.8. The Balaban J connectivity index is 0.000000201. The molecule has 0 saturated carbocycles. The van der Waals surface area contributed by atoms with Crippen LogP contribution >= 0.6 is 7.92 Å². The van der Waals surface area contributed by atoms with Gasteiger partial charge in [-0.2, -0.15) is 0 Å². The maximum Gasteiger partial charge on any atom is 0.263 e. The van der Waals surface area contributed by atoms with E-state index in [2.05, 4.69) is 101 Å². The van der Waals surface area contributed by atoms with Crippen molar-refractivity contribution in [1.82, 2.24) is 5.16 Å². The average molecular weight is 713 g/mol. The van der Waals surface area contributed by atoms with Gasteiger partial charge in [0.25, 0.3) is 10.0 Å². The van der Waals surface area contributed by atoms with E-state index >= 15 is 0 Å². The fraction of sp³-hybridized carbons (Fsp3) is 0.0357. The van der Waals surface area contributed by atoms with Crippen molar-refractivity contribution < 1.29 is 35.3 Å². The Morgan fingerprint density at radius 3 is 1.54 bits per heavy atom. The zero-order valence-corrected chi connectivity index (χ0v) is 23.8. The normalized spacial score (nSPS) is 10.6. The van der Waals surface area contributed by atoms with Gasteiger partial charge in [-0.25, -0.2) is 8.42 Å². The zero-order valence-electron chi connectivity index (χ0n) is 20.0. The van der Waals surface area contributed by atoms with Crippen LogP contribution in [0.25, 0.3) is 0 Å². The minimum Gasteiger partial charge on any atom is -0.399 e. The molecule has 0 bridgehead atoms. The number of hydrogen-bond donors (Lipinski definition) is 2. The molecular weight excluding hydrogens is 686 g/mol. The molecule has 1 aromatic heterocycles. The van der Waals surface area contributed by atoms with E-state index in [0.717, 1.165) is 0 Å². The molecule has 9 heteroatoms. The number of nitrogens with one attached hydrogen (secondary N) is 1. The first-order chi connectivity index (χ1) is 17.4. The largest absolute Gasteiger partial charge is 0.399 e. The molecule has 193 valence electrons. The molecule has 6 nitrogen and oxygen atoms in total. The molecule has 0 atom stereocenters. The van der Waals surface area contributed by atoms with Gasteiger partial charge in [-0.15, -0.1) is 0 Å². The van der Waals surface area contributed by atoms with E-state index in [1.54, 1.807) is 6.92 Å². The summed E-state index contributed by atoms with van der Waals surface area (Å²) in [6.07, 6.45) is 0. The van der Waals surface area contributed by atoms with Gasteiger partial charge in [-0.05, 0) is 55.0 Å². The molecule has 0 amide bonds. The third-order valence-electron chi connectivity index (χ3n) is 5.10. The molecule has 4 aromatic carbocycles. The Morgan fingerprint density at radius 1 is 0.730 bits per heavy atom. The number of rotatable bonds is 6. The van der Waals surface area contributed by atoms with Crippen LogP contribution in [0.1, 0.15) is 5.76 Å². The van der Waals surface area contributed by atoms with Crippen LogP contribution in [0.2, 0.25) is 0 Å². The predicted molar refractivity (Wildman–Crippen MR) is 148 cm³/mol. The van der Waals surface area contributed by atoms with Gasteiger partial charge < -0.3 is 10.3 Å². The summed E-state index contributed by atoms with van der Waals surface area (Å²) in [5, 5.41) is 7.75. The summed E-state index contributed by atoms with van der Waals surface area (Å²) in [5.41, 5.74) is 5.98. The first kappa shape index (κ1) is 28.4. The first-order valence-electron chi connectivity index (χ1n) is 11.2. The third-order valence-corrected chi connectivity index (χ3v) is 8.91. The van der Waals surface area contributed by atoms with Crippen molar-refractivity contribution in [2.75, 3.05) is 10.5 Å². The maximum absolute atomic E-state index is 11.9. The standard InChI is InChI=1S/C18H15P.C10H11N3O3S.Au/c1-4-10-16(11-5-1)19(17-12-6-2-7-13-17)18-14-8-3-9-15-18;1-7-6-10(12-16-7)13-17(14,15)9-4-2-8(11)3-5-9;/h1-15H;2-6H,11H2,1H3,(H,12,13);. The molecule has 5 rings (SSSR count). The van der Waals surface area contributed by atoms with Crippen molar-refractivity contribution in [1.29, 1.82) is 0 Å². The monoisotopic (exact) mass is 712 g/mol. The van der Waals surface area contributed by atoms with Gasteiger partial charge in [-0.1, -0.05) is 96.2 Å². The maximum atomic E-state index is 11.9. The van der Waals surface area contributed by atoms with E-state index in [1.807, 2.05) is 0 Å². The van der Waals surface area contributed by atoms with Gasteiger partial charge in [0.1, 0.15) is 5.76 Å². The third kappa shape index (κ3) is 7.89. The number of benzene rings is 4. The molecule has 0 fully saturated rings. The molecule has 0 unspecified atom stereocenters. The first-order valence-corrected chi connectivity index (χ1v) is 14.0. The number of nitrogens with zero attached hydrogens (tertiary/aromatic N) is 1. The van der Waals surface area contributed by atoms with Crippen molar-refractivity contribution in [3.8, 4) is 0 Å². The van der Waals surface area contributed by atoms with Crippen LogP contribution in [-0.4, -0.2) is 13.6 Å². The zero-order chi connectivity index (χ0) is 25.4. The van der Waals surface area contributed by atoms with E-state index in [9.17, 15) is 8.42 Å². The SMILES string of the molecule is Cc1cc(NS(=O)(=O)c2ccc(N)cc2)no1.[Au].c1ccc(P(c2ccccc2)c2ccccc2)cc1. The number of anilines is 2. The predicted octanol–water partition coefficient (Wildman–Crippen LogP) is 4.81. The van der Waals surface area contributed by atoms with Gasteiger partial charge in [0, 0.05) is 34.1 Å². The molecule has 3 N–H and O–H groups in total. The topological polar surface area (TPSA) is 98.2 Å². The number of hydrogen-bond acceptors (Lipinski definition) is 5. The summed E-state index contributed by atoms with van der Waals surface area (Å²) in [4.78, 5) is 0.118. The summed E-state index contributed by atoms with van der Waals surface area (Å²) >= 11 is 0. The molecule has 5 aromatic rings. The number of sulfonamides is 1. The van der Waals surface area contributed by atoms with Gasteiger partial charge >= 0.3 is 0 Å². The molecule has 0 saturated heterocycles. The van der Waals surface area contributed by atoms with Gasteiger partial charge in [0.2, 0.25) is 0 Å². The van der Waals surface area contributed by atoms with Crippen LogP contribution in [0.15, 0.2) is 131 Å². The summed E-state index contributed by atoms with van der Waals surface area (Å²) in [5.74, 6) is 0.680. The van der Waals surface area contributed by atoms with Crippen molar-refractivity contribution in [3.63, 3.8) is 0 Å². The van der Waals surface area contributed by atoms with Crippen LogP contribution in [0.4, 0.5) is 11.5 Å². The van der Waals surface area contributed by atoms with E-state index < -0.39 is 17.9 Å². The number of nitrogen functional groups attached to an aromatic ring is 1. The Hall–Kier alpha value is -3.19. The van der Waals surface area contributed by atoms with Crippen molar-refractivity contribution >= 4 is 45.4 Å². The van der Waals surface area contributed by atoms with Gasteiger partial charge in [-0.3, -0.25) is 4.72 Å². The fourth-order valence-corrected chi connectivity index (χ4v) is 6.73. The van der Waals surface area contributed by atoms with Crippen LogP contribution < -0.4 is 26.4 Å². The van der Waals surface area contributed by atoms with Crippen molar-refractivity contribution in [3.05, 3.63) is 127 Å². The van der Waals surface area contributed by atoms with Gasteiger partial charge in [0.05, 0.1) is 4.90 Å². The Morgan fingerprint density at radius 2 is 1.16 bits per heavy atom. The van der Waals surface area contributed by atoms with E-state index in [1.165, 1.54) is 46.2 Å². The molecule has 0 aliphatic heterocycles. The smallest absolute Gasteiger partial charge is 0.263 e. The van der Waals surface area contributed by atoms with E-state index in [0.29, 0.717) is 11.4 Å². The number of aromatic nitrogens is 1. The Bertz CT molecular complexity index is 1390. The average Bonchev–Trinajstić information content (AvgIpc) is 3.30. The molecule has 0 spiro atoms. The van der Waals surface area contributed by atoms with Crippen LogP contribution in [-0.2, 0) is 32.4 Å². The second-order valence-corrected chi connectivity index (χ2v) is 11.7. The summed E-state index contributed by atoms with van der Waals surface area (Å²) in [7, 11) is -4.09. The van der Waals surface area contributed by atoms with Crippen molar-refractivity contribution in [2.24, 2.45) is 0 Å². The summed E-state index contributed by atoms with van der Waals surface area (Å²) in [6.45, 7) is 1.67. The Kier molecular flexibility index (Phi) is 10.3. The number of aryl methyl sites for hydroxylation is 1.